The van der Waals surface area contributed by atoms with Gasteiger partial charge in [-0.1, -0.05) is 0 Å². The summed E-state index contributed by atoms with van der Waals surface area (Å²) in [6, 6.07) is 2.82. The van der Waals surface area contributed by atoms with Crippen molar-refractivity contribution >= 4 is 11.8 Å². The van der Waals surface area contributed by atoms with Gasteiger partial charge in [0.1, 0.15) is 5.82 Å². The van der Waals surface area contributed by atoms with Gasteiger partial charge in [0.25, 0.3) is 0 Å². The average molecular weight is 291 g/mol. The number of amides is 2. The van der Waals surface area contributed by atoms with Crippen LogP contribution in [-0.2, 0) is 16.0 Å². The third-order valence-corrected chi connectivity index (χ3v) is 4.38. The van der Waals surface area contributed by atoms with Gasteiger partial charge in [0, 0.05) is 37.8 Å². The highest BCUT2D eigenvalue weighted by Crippen LogP contribution is 2.32. The van der Waals surface area contributed by atoms with E-state index in [1.807, 2.05) is 11.8 Å². The summed E-state index contributed by atoms with van der Waals surface area (Å²) in [6.07, 6.45) is 1.27. The number of aromatic nitrogens is 1. The maximum atomic E-state index is 12.8. The summed E-state index contributed by atoms with van der Waals surface area (Å²) >= 11 is 0. The maximum absolute atomic E-state index is 12.8. The molecule has 0 bridgehead atoms. The molecule has 0 aromatic carbocycles. The summed E-state index contributed by atoms with van der Waals surface area (Å²) in [5.74, 6) is -0.0816. The first-order chi connectivity index (χ1) is 10.1. The Morgan fingerprint density at radius 1 is 1.38 bits per heavy atom. The van der Waals surface area contributed by atoms with Gasteiger partial charge in [-0.3, -0.25) is 14.6 Å². The van der Waals surface area contributed by atoms with E-state index in [4.69, 9.17) is 0 Å². The van der Waals surface area contributed by atoms with E-state index >= 15 is 0 Å². The Balaban J connectivity index is 1.61. The minimum absolute atomic E-state index is 0.0423. The van der Waals surface area contributed by atoms with E-state index < -0.39 is 5.82 Å². The Bertz CT molecular complexity index is 561. The molecule has 2 amide bonds. The van der Waals surface area contributed by atoms with Gasteiger partial charge < -0.3 is 9.80 Å². The van der Waals surface area contributed by atoms with Crippen molar-refractivity contribution in [2.75, 3.05) is 26.2 Å². The number of halogens is 1. The fourth-order valence-corrected chi connectivity index (χ4v) is 3.21. The van der Waals surface area contributed by atoms with E-state index in [1.165, 1.54) is 12.1 Å². The maximum Gasteiger partial charge on any atom is 0.228 e. The number of carbonyl (C=O) groups is 2. The molecule has 2 fully saturated rings. The summed E-state index contributed by atoms with van der Waals surface area (Å²) in [4.78, 5) is 31.9. The lowest BCUT2D eigenvalue weighted by atomic mass is 10.0. The van der Waals surface area contributed by atoms with Crippen LogP contribution in [0.15, 0.2) is 18.3 Å². The van der Waals surface area contributed by atoms with Crippen LogP contribution in [0.3, 0.4) is 0 Å². The van der Waals surface area contributed by atoms with Gasteiger partial charge in [-0.05, 0) is 19.1 Å². The van der Waals surface area contributed by atoms with Gasteiger partial charge in [0.05, 0.1) is 18.5 Å². The number of fused-ring (bicyclic) bond motifs is 1. The van der Waals surface area contributed by atoms with Crippen LogP contribution in [0.4, 0.5) is 4.39 Å². The van der Waals surface area contributed by atoms with Gasteiger partial charge in [0.15, 0.2) is 0 Å². The SMILES string of the molecule is CCN1C[C@@H]2CN(C(=O)Cc3ccc(F)cn3)C[C@@H]2C1=O. The van der Waals surface area contributed by atoms with Crippen LogP contribution in [0, 0.1) is 17.7 Å². The van der Waals surface area contributed by atoms with E-state index in [2.05, 4.69) is 4.98 Å². The fraction of sp³-hybridized carbons (Fsp3) is 0.533. The summed E-state index contributed by atoms with van der Waals surface area (Å²) in [5, 5.41) is 0. The van der Waals surface area contributed by atoms with Crippen LogP contribution in [0.2, 0.25) is 0 Å². The lowest BCUT2D eigenvalue weighted by Crippen LogP contribution is -2.36. The Morgan fingerprint density at radius 3 is 2.81 bits per heavy atom. The molecule has 0 saturated carbocycles. The Hall–Kier alpha value is -1.98. The quantitative estimate of drug-likeness (QED) is 0.824. The first-order valence-corrected chi connectivity index (χ1v) is 7.25. The van der Waals surface area contributed by atoms with Crippen LogP contribution >= 0.6 is 0 Å². The summed E-state index contributed by atoms with van der Waals surface area (Å²) in [6.45, 7) is 4.59. The second kappa shape index (κ2) is 5.42. The van der Waals surface area contributed by atoms with Crippen LogP contribution in [0.25, 0.3) is 0 Å². The van der Waals surface area contributed by atoms with Gasteiger partial charge in [-0.15, -0.1) is 0 Å². The molecule has 6 heteroatoms. The van der Waals surface area contributed by atoms with Crippen LogP contribution < -0.4 is 0 Å². The first kappa shape index (κ1) is 14.0. The minimum Gasteiger partial charge on any atom is -0.342 e. The number of rotatable bonds is 3. The number of carbonyl (C=O) groups excluding carboxylic acids is 2. The van der Waals surface area contributed by atoms with Crippen LogP contribution in [0.1, 0.15) is 12.6 Å². The highest BCUT2D eigenvalue weighted by molar-refractivity contribution is 5.85. The number of nitrogens with zero attached hydrogens (tertiary/aromatic N) is 3. The highest BCUT2D eigenvalue weighted by Gasteiger charge is 2.46. The zero-order chi connectivity index (χ0) is 15.0. The Kier molecular flexibility index (Phi) is 3.61. The highest BCUT2D eigenvalue weighted by atomic mass is 19.1. The van der Waals surface area contributed by atoms with E-state index in [9.17, 15) is 14.0 Å². The standard InChI is InChI=1S/C15H18FN3O2/c1-2-18-7-10-8-19(9-13(10)15(18)21)14(20)5-12-4-3-11(16)6-17-12/h3-4,6,10,13H,2,5,7-9H2,1H3/t10-,13+/m1/s1. The van der Waals surface area contributed by atoms with Gasteiger partial charge in [-0.2, -0.15) is 0 Å². The molecule has 2 aliphatic heterocycles. The molecule has 0 N–H and O–H groups in total. The molecule has 3 heterocycles. The monoisotopic (exact) mass is 291 g/mol. The molecule has 0 unspecified atom stereocenters. The number of hydrogen-bond donors (Lipinski definition) is 0. The third kappa shape index (κ3) is 2.62. The summed E-state index contributed by atoms with van der Waals surface area (Å²) in [7, 11) is 0. The van der Waals surface area contributed by atoms with Crippen molar-refractivity contribution in [3.8, 4) is 0 Å². The normalized spacial score (nSPS) is 24.6. The molecule has 112 valence electrons. The lowest BCUT2D eigenvalue weighted by Gasteiger charge is -2.20. The van der Waals surface area contributed by atoms with Crippen molar-refractivity contribution in [1.82, 2.24) is 14.8 Å². The molecule has 2 atom stereocenters. The van der Waals surface area contributed by atoms with Crippen molar-refractivity contribution in [2.24, 2.45) is 11.8 Å². The molecular formula is C15H18FN3O2. The van der Waals surface area contributed by atoms with Crippen molar-refractivity contribution in [3.63, 3.8) is 0 Å². The predicted molar refractivity (Wildman–Crippen MR) is 73.7 cm³/mol. The molecule has 0 aliphatic carbocycles. The topological polar surface area (TPSA) is 53.5 Å². The van der Waals surface area contributed by atoms with Gasteiger partial charge in [-0.25, -0.2) is 4.39 Å². The smallest absolute Gasteiger partial charge is 0.228 e. The third-order valence-electron chi connectivity index (χ3n) is 4.38. The summed E-state index contributed by atoms with van der Waals surface area (Å²) < 4.78 is 12.8. The molecule has 2 saturated heterocycles. The lowest BCUT2D eigenvalue weighted by molar-refractivity contribution is -0.132. The zero-order valence-electron chi connectivity index (χ0n) is 12.0. The summed E-state index contributed by atoms with van der Waals surface area (Å²) in [5.41, 5.74) is 0.556. The van der Waals surface area contributed by atoms with E-state index in [-0.39, 0.29) is 30.1 Å². The molecule has 3 rings (SSSR count). The molecule has 5 nitrogen and oxygen atoms in total. The van der Waals surface area contributed by atoms with Crippen LogP contribution in [0.5, 0.6) is 0 Å². The molecular weight excluding hydrogens is 273 g/mol. The predicted octanol–water partition coefficient (Wildman–Crippen LogP) is 0.700. The molecule has 21 heavy (non-hydrogen) atoms. The van der Waals surface area contributed by atoms with E-state index in [1.54, 1.807) is 4.90 Å². The van der Waals surface area contributed by atoms with Gasteiger partial charge >= 0.3 is 0 Å². The van der Waals surface area contributed by atoms with Crippen molar-refractivity contribution in [3.05, 3.63) is 29.8 Å². The zero-order valence-corrected chi connectivity index (χ0v) is 12.0. The van der Waals surface area contributed by atoms with Crippen molar-refractivity contribution in [1.29, 1.82) is 0 Å². The Morgan fingerprint density at radius 2 is 2.19 bits per heavy atom. The molecule has 0 radical (unpaired) electrons. The molecule has 2 aliphatic rings. The second-order valence-corrected chi connectivity index (χ2v) is 5.69. The van der Waals surface area contributed by atoms with Crippen molar-refractivity contribution in [2.45, 2.75) is 13.3 Å². The molecule has 0 spiro atoms. The molecule has 1 aromatic heterocycles. The average Bonchev–Trinajstić information content (AvgIpc) is 3.01. The minimum atomic E-state index is -0.410. The van der Waals surface area contributed by atoms with Crippen molar-refractivity contribution < 1.29 is 14.0 Å². The second-order valence-electron chi connectivity index (χ2n) is 5.69. The number of likely N-dealkylation sites (tertiary alicyclic amines) is 2. The van der Waals surface area contributed by atoms with E-state index in [0.717, 1.165) is 19.3 Å². The largest absolute Gasteiger partial charge is 0.342 e. The van der Waals surface area contributed by atoms with E-state index in [0.29, 0.717) is 18.8 Å². The first-order valence-electron chi connectivity index (χ1n) is 7.25. The number of pyridine rings is 1. The molecule has 1 aromatic rings. The number of hydrogen-bond acceptors (Lipinski definition) is 3. The van der Waals surface area contributed by atoms with Gasteiger partial charge in [0.2, 0.25) is 11.8 Å². The van der Waals surface area contributed by atoms with Crippen LogP contribution in [-0.4, -0.2) is 52.8 Å². The fourth-order valence-electron chi connectivity index (χ4n) is 3.21. The Labute approximate surface area is 122 Å².